The third-order valence-electron chi connectivity index (χ3n) is 4.16. The molecule has 7 heteroatoms. The molecule has 0 spiro atoms. The number of alkyl halides is 1. The first-order valence-electron chi connectivity index (χ1n) is 8.10. The Kier molecular flexibility index (Phi) is 5.94. The van der Waals surface area contributed by atoms with Gasteiger partial charge in [-0.2, -0.15) is 0 Å². The average Bonchev–Trinajstić information content (AvgIpc) is 3.03. The van der Waals surface area contributed by atoms with Gasteiger partial charge in [0.1, 0.15) is 17.3 Å². The van der Waals surface area contributed by atoms with Crippen molar-refractivity contribution in [2.24, 2.45) is 0 Å². The van der Waals surface area contributed by atoms with E-state index >= 15 is 0 Å². The number of benzene rings is 2. The summed E-state index contributed by atoms with van der Waals surface area (Å²) in [4.78, 5) is 25.6. The van der Waals surface area contributed by atoms with Crippen molar-refractivity contribution in [1.29, 1.82) is 0 Å². The number of halogens is 3. The molecule has 1 saturated heterocycles. The molecule has 3 rings (SSSR count). The van der Waals surface area contributed by atoms with Gasteiger partial charge in [0.15, 0.2) is 5.78 Å². The lowest BCUT2D eigenvalue weighted by Crippen LogP contribution is -2.24. The quantitative estimate of drug-likeness (QED) is 0.470. The zero-order valence-electron chi connectivity index (χ0n) is 13.8. The van der Waals surface area contributed by atoms with Gasteiger partial charge < -0.3 is 9.64 Å². The molecule has 0 N–H and O–H groups in total. The Morgan fingerprint density at radius 1 is 1.27 bits per heavy atom. The van der Waals surface area contributed by atoms with Crippen molar-refractivity contribution in [3.63, 3.8) is 0 Å². The standard InChI is InChI=1S/C19H16BrClFNO3/c20-10-17(24)12-3-4-13(11-23-7-1-2-19(23)25)18(8-12)26-14-5-6-15(21)16(22)9-14/h3-6,8-9H,1-2,7,10-11H2. The Bertz CT molecular complexity index is 859. The lowest BCUT2D eigenvalue weighted by atomic mass is 10.1. The van der Waals surface area contributed by atoms with Gasteiger partial charge >= 0.3 is 0 Å². The molecule has 0 aliphatic carbocycles. The maximum absolute atomic E-state index is 13.7. The van der Waals surface area contributed by atoms with Crippen molar-refractivity contribution in [1.82, 2.24) is 4.90 Å². The molecule has 2 aromatic carbocycles. The first kappa shape index (κ1) is 18.9. The summed E-state index contributed by atoms with van der Waals surface area (Å²) in [6.07, 6.45) is 1.37. The number of carbonyl (C=O) groups excluding carboxylic acids is 2. The molecule has 2 aromatic rings. The van der Waals surface area contributed by atoms with Crippen LogP contribution in [-0.4, -0.2) is 28.5 Å². The van der Waals surface area contributed by atoms with E-state index in [4.69, 9.17) is 16.3 Å². The molecular formula is C19H16BrClFNO3. The second-order valence-corrected chi connectivity index (χ2v) is 6.94. The molecular weight excluding hydrogens is 425 g/mol. The van der Waals surface area contributed by atoms with Crippen molar-refractivity contribution < 1.29 is 18.7 Å². The summed E-state index contributed by atoms with van der Waals surface area (Å²) in [5, 5.41) is 0.190. The van der Waals surface area contributed by atoms with Crippen LogP contribution in [0.25, 0.3) is 0 Å². The van der Waals surface area contributed by atoms with Gasteiger partial charge in [-0.1, -0.05) is 39.7 Å². The highest BCUT2D eigenvalue weighted by Crippen LogP contribution is 2.31. The van der Waals surface area contributed by atoms with Crippen LogP contribution in [0.15, 0.2) is 36.4 Å². The highest BCUT2D eigenvalue weighted by atomic mass is 79.9. The number of ketones is 1. The van der Waals surface area contributed by atoms with E-state index in [1.807, 2.05) is 0 Å². The van der Waals surface area contributed by atoms with E-state index in [-0.39, 0.29) is 27.8 Å². The summed E-state index contributed by atoms with van der Waals surface area (Å²) in [5.41, 5.74) is 1.23. The van der Waals surface area contributed by atoms with Crippen molar-refractivity contribution >= 4 is 39.2 Å². The summed E-state index contributed by atoms with van der Waals surface area (Å²) < 4.78 is 19.5. The van der Waals surface area contributed by atoms with E-state index in [0.29, 0.717) is 30.8 Å². The maximum atomic E-state index is 13.7. The summed E-state index contributed by atoms with van der Waals surface area (Å²) in [6, 6.07) is 9.23. The van der Waals surface area contributed by atoms with Gasteiger partial charge in [0, 0.05) is 36.7 Å². The van der Waals surface area contributed by atoms with E-state index in [1.165, 1.54) is 12.1 Å². The number of rotatable bonds is 6. The smallest absolute Gasteiger partial charge is 0.222 e. The van der Waals surface area contributed by atoms with Crippen LogP contribution in [-0.2, 0) is 11.3 Å². The summed E-state index contributed by atoms with van der Waals surface area (Å²) >= 11 is 8.86. The number of amides is 1. The van der Waals surface area contributed by atoms with E-state index in [9.17, 15) is 14.0 Å². The number of hydrogen-bond acceptors (Lipinski definition) is 3. The van der Waals surface area contributed by atoms with Crippen molar-refractivity contribution in [2.45, 2.75) is 19.4 Å². The first-order valence-corrected chi connectivity index (χ1v) is 9.60. The van der Waals surface area contributed by atoms with Gasteiger partial charge in [0.2, 0.25) is 5.91 Å². The monoisotopic (exact) mass is 439 g/mol. The van der Waals surface area contributed by atoms with Gasteiger partial charge in [-0.3, -0.25) is 9.59 Å². The number of nitrogens with zero attached hydrogens (tertiary/aromatic N) is 1. The van der Waals surface area contributed by atoms with Crippen LogP contribution >= 0.6 is 27.5 Å². The molecule has 1 aliphatic rings. The fourth-order valence-electron chi connectivity index (χ4n) is 2.77. The highest BCUT2D eigenvalue weighted by Gasteiger charge is 2.22. The number of likely N-dealkylation sites (tertiary alicyclic amines) is 1. The van der Waals surface area contributed by atoms with Crippen LogP contribution in [0, 0.1) is 5.82 Å². The normalized spacial score (nSPS) is 14.0. The van der Waals surface area contributed by atoms with Crippen LogP contribution in [0.2, 0.25) is 5.02 Å². The SMILES string of the molecule is O=C(CBr)c1ccc(CN2CCCC2=O)c(Oc2ccc(Cl)c(F)c2)c1. The fraction of sp³-hybridized carbons (Fsp3) is 0.263. The largest absolute Gasteiger partial charge is 0.457 e. The van der Waals surface area contributed by atoms with Gasteiger partial charge in [0.25, 0.3) is 0 Å². The molecule has 1 heterocycles. The number of Topliss-reactive ketones (excluding diaryl/α,β-unsaturated/α-hetero) is 1. The lowest BCUT2D eigenvalue weighted by molar-refractivity contribution is -0.128. The van der Waals surface area contributed by atoms with Crippen molar-refractivity contribution in [3.05, 3.63) is 58.4 Å². The maximum Gasteiger partial charge on any atom is 0.222 e. The molecule has 0 atom stereocenters. The Labute approximate surface area is 164 Å². The Balaban J connectivity index is 1.93. The minimum atomic E-state index is -0.590. The topological polar surface area (TPSA) is 46.6 Å². The Morgan fingerprint density at radius 2 is 2.08 bits per heavy atom. The van der Waals surface area contributed by atoms with Gasteiger partial charge in [-0.05, 0) is 24.6 Å². The summed E-state index contributed by atoms with van der Waals surface area (Å²) in [5.74, 6) is 0.0886. The molecule has 1 fully saturated rings. The fourth-order valence-corrected chi connectivity index (χ4v) is 3.22. The highest BCUT2D eigenvalue weighted by molar-refractivity contribution is 9.09. The Hall–Kier alpha value is -1.92. The van der Waals surface area contributed by atoms with Crippen LogP contribution < -0.4 is 4.74 Å². The molecule has 4 nitrogen and oxygen atoms in total. The van der Waals surface area contributed by atoms with Gasteiger partial charge in [0.05, 0.1) is 10.4 Å². The minimum absolute atomic E-state index is 0.00320. The zero-order valence-corrected chi connectivity index (χ0v) is 16.1. The molecule has 0 radical (unpaired) electrons. The van der Waals surface area contributed by atoms with E-state index in [1.54, 1.807) is 29.2 Å². The van der Waals surface area contributed by atoms with Crippen molar-refractivity contribution in [2.75, 3.05) is 11.9 Å². The van der Waals surface area contributed by atoms with Gasteiger partial charge in [-0.15, -0.1) is 0 Å². The van der Waals surface area contributed by atoms with E-state index in [0.717, 1.165) is 12.0 Å². The molecule has 1 amide bonds. The first-order chi connectivity index (χ1) is 12.5. The second-order valence-electron chi connectivity index (χ2n) is 5.98. The second kappa shape index (κ2) is 8.18. The molecule has 1 aliphatic heterocycles. The predicted octanol–water partition coefficient (Wildman–Crippen LogP) is 4.97. The third-order valence-corrected chi connectivity index (χ3v) is 4.98. The minimum Gasteiger partial charge on any atom is -0.457 e. The Morgan fingerprint density at radius 3 is 2.73 bits per heavy atom. The van der Waals surface area contributed by atoms with Crippen LogP contribution in [0.5, 0.6) is 11.5 Å². The zero-order chi connectivity index (χ0) is 18.7. The van der Waals surface area contributed by atoms with E-state index in [2.05, 4.69) is 15.9 Å². The average molecular weight is 441 g/mol. The van der Waals surface area contributed by atoms with Crippen LogP contribution in [0.3, 0.4) is 0 Å². The van der Waals surface area contributed by atoms with Crippen LogP contribution in [0.1, 0.15) is 28.8 Å². The number of hydrogen-bond donors (Lipinski definition) is 0. The molecule has 0 bridgehead atoms. The molecule has 0 unspecified atom stereocenters. The lowest BCUT2D eigenvalue weighted by Gasteiger charge is -2.19. The molecule has 136 valence electrons. The summed E-state index contributed by atoms with van der Waals surface area (Å²) in [7, 11) is 0. The number of carbonyl (C=O) groups is 2. The molecule has 0 saturated carbocycles. The predicted molar refractivity (Wildman–Crippen MR) is 101 cm³/mol. The molecule has 26 heavy (non-hydrogen) atoms. The third kappa shape index (κ3) is 4.24. The summed E-state index contributed by atoms with van der Waals surface area (Å²) in [6.45, 7) is 1.07. The number of ether oxygens (including phenoxy) is 1. The van der Waals surface area contributed by atoms with E-state index < -0.39 is 5.82 Å². The molecule has 0 aromatic heterocycles. The van der Waals surface area contributed by atoms with Crippen molar-refractivity contribution in [3.8, 4) is 11.5 Å². The van der Waals surface area contributed by atoms with Crippen LogP contribution in [0.4, 0.5) is 4.39 Å². The van der Waals surface area contributed by atoms with Gasteiger partial charge in [-0.25, -0.2) is 4.39 Å².